The first-order valence-electron chi connectivity index (χ1n) is 4.67. The fourth-order valence-corrected chi connectivity index (χ4v) is 1.52. The van der Waals surface area contributed by atoms with Crippen molar-refractivity contribution in [2.75, 3.05) is 5.73 Å². The Labute approximate surface area is 87.3 Å². The number of rotatable bonds is 2. The van der Waals surface area contributed by atoms with Crippen LogP contribution in [0, 0.1) is 5.82 Å². The van der Waals surface area contributed by atoms with E-state index in [1.54, 1.807) is 16.9 Å². The van der Waals surface area contributed by atoms with Crippen LogP contribution in [0.25, 0.3) is 0 Å². The van der Waals surface area contributed by atoms with E-state index in [0.29, 0.717) is 6.42 Å². The van der Waals surface area contributed by atoms with Gasteiger partial charge in [-0.05, 0) is 17.2 Å². The molecule has 1 heterocycles. The van der Waals surface area contributed by atoms with E-state index in [0.717, 1.165) is 11.1 Å². The highest BCUT2D eigenvalue weighted by Crippen LogP contribution is 2.18. The minimum absolute atomic E-state index is 0.223. The number of nitrogen functional groups attached to an aromatic ring is 1. The number of hydrogen-bond donors (Lipinski definition) is 1. The number of para-hydroxylation sites is 1. The number of aryl methyl sites for hydroxylation is 1. The molecule has 4 heteroatoms. The maximum absolute atomic E-state index is 13.1. The molecule has 15 heavy (non-hydrogen) atoms. The van der Waals surface area contributed by atoms with E-state index in [2.05, 4.69) is 5.10 Å². The summed E-state index contributed by atoms with van der Waals surface area (Å²) in [7, 11) is 1.85. The van der Waals surface area contributed by atoms with Crippen molar-refractivity contribution in [3.8, 4) is 0 Å². The smallest absolute Gasteiger partial charge is 0.146 e. The first kappa shape index (κ1) is 9.71. The van der Waals surface area contributed by atoms with Crippen LogP contribution >= 0.6 is 0 Å². The quantitative estimate of drug-likeness (QED) is 0.759. The molecule has 78 valence electrons. The lowest BCUT2D eigenvalue weighted by Gasteiger charge is -2.04. The Morgan fingerprint density at radius 3 is 2.93 bits per heavy atom. The Morgan fingerprint density at radius 2 is 2.27 bits per heavy atom. The van der Waals surface area contributed by atoms with Crippen LogP contribution in [0.2, 0.25) is 0 Å². The summed E-state index contributed by atoms with van der Waals surface area (Å²) < 4.78 is 14.9. The highest BCUT2D eigenvalue weighted by molar-refractivity contribution is 5.49. The molecule has 0 aliphatic rings. The first-order chi connectivity index (χ1) is 7.16. The van der Waals surface area contributed by atoms with E-state index >= 15 is 0 Å². The van der Waals surface area contributed by atoms with Gasteiger partial charge in [-0.25, -0.2) is 4.39 Å². The van der Waals surface area contributed by atoms with Crippen molar-refractivity contribution in [2.45, 2.75) is 6.42 Å². The van der Waals surface area contributed by atoms with Gasteiger partial charge in [-0.3, -0.25) is 4.68 Å². The third kappa shape index (κ3) is 1.98. The second-order valence-electron chi connectivity index (χ2n) is 3.51. The van der Waals surface area contributed by atoms with Gasteiger partial charge in [-0.1, -0.05) is 12.1 Å². The van der Waals surface area contributed by atoms with E-state index in [-0.39, 0.29) is 11.5 Å². The Kier molecular flexibility index (Phi) is 2.41. The number of halogens is 1. The van der Waals surface area contributed by atoms with Crippen LogP contribution in [-0.2, 0) is 13.5 Å². The molecule has 0 saturated heterocycles. The molecule has 0 fully saturated rings. The number of nitrogens with zero attached hydrogens (tertiary/aromatic N) is 2. The molecule has 2 N–H and O–H groups in total. The van der Waals surface area contributed by atoms with Crippen LogP contribution in [0.3, 0.4) is 0 Å². The zero-order chi connectivity index (χ0) is 10.8. The van der Waals surface area contributed by atoms with Crippen LogP contribution in [0.15, 0.2) is 30.6 Å². The van der Waals surface area contributed by atoms with E-state index in [9.17, 15) is 4.39 Å². The second kappa shape index (κ2) is 3.73. The third-order valence-corrected chi connectivity index (χ3v) is 2.30. The number of benzene rings is 1. The molecular formula is C11H12FN3. The van der Waals surface area contributed by atoms with Gasteiger partial charge in [-0.2, -0.15) is 5.10 Å². The molecule has 0 saturated carbocycles. The molecule has 0 spiro atoms. The number of anilines is 1. The van der Waals surface area contributed by atoms with Crippen molar-refractivity contribution in [1.29, 1.82) is 0 Å². The van der Waals surface area contributed by atoms with Crippen LogP contribution in [-0.4, -0.2) is 9.78 Å². The maximum Gasteiger partial charge on any atom is 0.146 e. The van der Waals surface area contributed by atoms with Crippen LogP contribution < -0.4 is 5.73 Å². The van der Waals surface area contributed by atoms with E-state index in [4.69, 9.17) is 5.73 Å². The lowest BCUT2D eigenvalue weighted by molar-refractivity contribution is 0.631. The number of aromatic nitrogens is 2. The van der Waals surface area contributed by atoms with Gasteiger partial charge in [0.25, 0.3) is 0 Å². The van der Waals surface area contributed by atoms with E-state index < -0.39 is 0 Å². The zero-order valence-electron chi connectivity index (χ0n) is 8.44. The summed E-state index contributed by atoms with van der Waals surface area (Å²) in [5.74, 6) is -0.364. The SMILES string of the molecule is Cn1cc(Cc2cccc(F)c2N)cn1. The van der Waals surface area contributed by atoms with Gasteiger partial charge in [-0.15, -0.1) is 0 Å². The molecule has 2 aromatic rings. The van der Waals surface area contributed by atoms with Crippen molar-refractivity contribution < 1.29 is 4.39 Å². The summed E-state index contributed by atoms with van der Waals surface area (Å²) in [6.07, 6.45) is 4.26. The average Bonchev–Trinajstić information content (AvgIpc) is 2.59. The fraction of sp³-hybridized carbons (Fsp3) is 0.182. The summed E-state index contributed by atoms with van der Waals surface area (Å²) in [6, 6.07) is 4.85. The summed E-state index contributed by atoms with van der Waals surface area (Å²) in [5, 5.41) is 4.05. The molecule has 0 aliphatic carbocycles. The first-order valence-corrected chi connectivity index (χ1v) is 4.67. The maximum atomic E-state index is 13.1. The largest absolute Gasteiger partial charge is 0.396 e. The number of hydrogen-bond acceptors (Lipinski definition) is 2. The van der Waals surface area contributed by atoms with E-state index in [1.165, 1.54) is 6.07 Å². The Bertz CT molecular complexity index is 476. The highest BCUT2D eigenvalue weighted by atomic mass is 19.1. The average molecular weight is 205 g/mol. The molecule has 0 bridgehead atoms. The fourth-order valence-electron chi connectivity index (χ4n) is 1.52. The lowest BCUT2D eigenvalue weighted by atomic mass is 10.1. The van der Waals surface area contributed by atoms with Crippen molar-refractivity contribution >= 4 is 5.69 Å². The predicted molar refractivity (Wildman–Crippen MR) is 56.8 cm³/mol. The normalized spacial score (nSPS) is 10.5. The van der Waals surface area contributed by atoms with E-state index in [1.807, 2.05) is 19.3 Å². The predicted octanol–water partition coefficient (Wildman–Crippen LogP) is 1.73. The van der Waals surface area contributed by atoms with Gasteiger partial charge in [0, 0.05) is 19.7 Å². The van der Waals surface area contributed by atoms with Gasteiger partial charge in [0.15, 0.2) is 0 Å². The summed E-state index contributed by atoms with van der Waals surface area (Å²) >= 11 is 0. The van der Waals surface area contributed by atoms with Gasteiger partial charge in [0.1, 0.15) is 5.82 Å². The number of nitrogens with two attached hydrogens (primary N) is 1. The summed E-state index contributed by atoms with van der Waals surface area (Å²) in [6.45, 7) is 0. The molecule has 1 aromatic heterocycles. The highest BCUT2D eigenvalue weighted by Gasteiger charge is 2.05. The summed E-state index contributed by atoms with van der Waals surface area (Å²) in [5.41, 5.74) is 7.68. The lowest BCUT2D eigenvalue weighted by Crippen LogP contribution is -1.98. The van der Waals surface area contributed by atoms with Crippen LogP contribution in [0.1, 0.15) is 11.1 Å². The van der Waals surface area contributed by atoms with Crippen LogP contribution in [0.5, 0.6) is 0 Å². The van der Waals surface area contributed by atoms with Gasteiger partial charge in [0.2, 0.25) is 0 Å². The molecule has 0 atom stereocenters. The minimum Gasteiger partial charge on any atom is -0.396 e. The molecule has 0 radical (unpaired) electrons. The zero-order valence-corrected chi connectivity index (χ0v) is 8.44. The van der Waals surface area contributed by atoms with Gasteiger partial charge < -0.3 is 5.73 Å². The van der Waals surface area contributed by atoms with Crippen molar-refractivity contribution in [2.24, 2.45) is 7.05 Å². The van der Waals surface area contributed by atoms with Crippen LogP contribution in [0.4, 0.5) is 10.1 Å². The molecule has 0 amide bonds. The minimum atomic E-state index is -0.364. The van der Waals surface area contributed by atoms with Gasteiger partial charge >= 0.3 is 0 Å². The summed E-state index contributed by atoms with van der Waals surface area (Å²) in [4.78, 5) is 0. The Morgan fingerprint density at radius 1 is 1.47 bits per heavy atom. The molecule has 2 rings (SSSR count). The van der Waals surface area contributed by atoms with Crippen molar-refractivity contribution in [1.82, 2.24) is 9.78 Å². The topological polar surface area (TPSA) is 43.8 Å². The second-order valence-corrected chi connectivity index (χ2v) is 3.51. The molecule has 0 aliphatic heterocycles. The molecule has 1 aromatic carbocycles. The molecule has 0 unspecified atom stereocenters. The molecular weight excluding hydrogens is 193 g/mol. The standard InChI is InChI=1S/C11H12FN3/c1-15-7-8(6-14-15)5-9-3-2-4-10(12)11(9)13/h2-4,6-7H,5,13H2,1H3. The van der Waals surface area contributed by atoms with Gasteiger partial charge in [0.05, 0.1) is 11.9 Å². The monoisotopic (exact) mass is 205 g/mol. The van der Waals surface area contributed by atoms with Crippen molar-refractivity contribution in [3.63, 3.8) is 0 Å². The molecule has 3 nitrogen and oxygen atoms in total. The third-order valence-electron chi connectivity index (χ3n) is 2.30. The Balaban J connectivity index is 2.28. The Hall–Kier alpha value is -1.84. The van der Waals surface area contributed by atoms with Crippen molar-refractivity contribution in [3.05, 3.63) is 47.5 Å².